The lowest BCUT2D eigenvalue weighted by atomic mass is 10.2. The second-order valence-corrected chi connectivity index (χ2v) is 8.23. The van der Waals surface area contributed by atoms with Gasteiger partial charge in [0.2, 0.25) is 5.91 Å². The van der Waals surface area contributed by atoms with Crippen molar-refractivity contribution >= 4 is 28.4 Å². The van der Waals surface area contributed by atoms with E-state index in [0.29, 0.717) is 17.7 Å². The highest BCUT2D eigenvalue weighted by Crippen LogP contribution is 2.18. The molecule has 1 N–H and O–H groups in total. The summed E-state index contributed by atoms with van der Waals surface area (Å²) in [7, 11) is 0. The molecule has 0 aliphatic heterocycles. The predicted molar refractivity (Wildman–Crippen MR) is 120 cm³/mol. The van der Waals surface area contributed by atoms with Gasteiger partial charge in [-0.05, 0) is 30.9 Å². The number of hydrogen-bond acceptors (Lipinski definition) is 5. The molecular formula is C22H23N5O3S. The van der Waals surface area contributed by atoms with Crippen LogP contribution in [0.2, 0.25) is 0 Å². The molecule has 0 bridgehead atoms. The van der Waals surface area contributed by atoms with Gasteiger partial charge in [-0.1, -0.05) is 36.4 Å². The average molecular weight is 438 g/mol. The van der Waals surface area contributed by atoms with Crippen LogP contribution in [-0.2, 0) is 24.4 Å². The van der Waals surface area contributed by atoms with E-state index >= 15 is 0 Å². The number of nitrogens with zero attached hydrogens (tertiary/aromatic N) is 4. The normalized spacial score (nSPS) is 12.2. The van der Waals surface area contributed by atoms with Crippen LogP contribution in [0.1, 0.15) is 30.3 Å². The van der Waals surface area contributed by atoms with Gasteiger partial charge in [0, 0.05) is 11.4 Å². The van der Waals surface area contributed by atoms with Gasteiger partial charge in [-0.3, -0.25) is 14.2 Å². The third kappa shape index (κ3) is 4.09. The van der Waals surface area contributed by atoms with Gasteiger partial charge in [-0.25, -0.2) is 14.3 Å². The summed E-state index contributed by atoms with van der Waals surface area (Å²) in [5.74, 6) is -0.395. The maximum Gasteiger partial charge on any atom is 0.333 e. The van der Waals surface area contributed by atoms with Crippen LogP contribution in [-0.4, -0.2) is 24.6 Å². The summed E-state index contributed by atoms with van der Waals surface area (Å²) in [4.78, 5) is 44.4. The highest BCUT2D eigenvalue weighted by molar-refractivity contribution is 7.10. The maximum absolute atomic E-state index is 13.3. The number of carbonyl (C=O) groups is 1. The third-order valence-corrected chi connectivity index (χ3v) is 6.21. The lowest BCUT2D eigenvalue weighted by molar-refractivity contribution is -0.122. The molecule has 0 saturated heterocycles. The van der Waals surface area contributed by atoms with Crippen LogP contribution in [0, 0.1) is 0 Å². The van der Waals surface area contributed by atoms with Gasteiger partial charge >= 0.3 is 5.69 Å². The fourth-order valence-electron chi connectivity index (χ4n) is 3.57. The molecule has 0 saturated carbocycles. The molecule has 0 spiro atoms. The van der Waals surface area contributed by atoms with E-state index in [1.165, 1.54) is 15.9 Å². The fourth-order valence-corrected chi connectivity index (χ4v) is 4.30. The van der Waals surface area contributed by atoms with Crippen molar-refractivity contribution in [3.63, 3.8) is 0 Å². The molecular weight excluding hydrogens is 414 g/mol. The number of carbonyl (C=O) groups excluding carboxylic acids is 1. The van der Waals surface area contributed by atoms with Crippen LogP contribution in [0.5, 0.6) is 0 Å². The number of thiophene rings is 1. The molecule has 4 rings (SSSR count). The number of amides is 1. The van der Waals surface area contributed by atoms with E-state index in [2.05, 4.69) is 10.3 Å². The number of hydrogen-bond donors (Lipinski definition) is 1. The van der Waals surface area contributed by atoms with Crippen molar-refractivity contribution in [2.45, 2.75) is 39.5 Å². The predicted octanol–water partition coefficient (Wildman–Crippen LogP) is 2.37. The Labute approximate surface area is 182 Å². The first-order valence-corrected chi connectivity index (χ1v) is 10.9. The average Bonchev–Trinajstić information content (AvgIpc) is 3.45. The molecule has 8 nitrogen and oxygen atoms in total. The molecule has 9 heteroatoms. The smallest absolute Gasteiger partial charge is 0.333 e. The van der Waals surface area contributed by atoms with Crippen LogP contribution in [0.4, 0.5) is 0 Å². The topological polar surface area (TPSA) is 90.9 Å². The third-order valence-electron chi connectivity index (χ3n) is 5.16. The molecule has 0 aliphatic rings. The number of imidazole rings is 1. The Morgan fingerprint density at radius 2 is 1.90 bits per heavy atom. The van der Waals surface area contributed by atoms with Crippen molar-refractivity contribution in [1.29, 1.82) is 0 Å². The van der Waals surface area contributed by atoms with Crippen LogP contribution in [0.25, 0.3) is 11.2 Å². The molecule has 3 aromatic heterocycles. The molecule has 31 heavy (non-hydrogen) atoms. The van der Waals surface area contributed by atoms with E-state index in [1.807, 2.05) is 61.7 Å². The largest absolute Gasteiger partial charge is 0.347 e. The minimum Gasteiger partial charge on any atom is -0.347 e. The summed E-state index contributed by atoms with van der Waals surface area (Å²) in [5.41, 5.74) is 0.476. The lowest BCUT2D eigenvalue weighted by Gasteiger charge is -2.15. The molecule has 1 atom stereocenters. The van der Waals surface area contributed by atoms with Crippen molar-refractivity contribution in [3.8, 4) is 0 Å². The summed E-state index contributed by atoms with van der Waals surface area (Å²) in [6, 6.07) is 13.1. The first-order chi connectivity index (χ1) is 15.0. The molecule has 0 fully saturated rings. The number of aromatic nitrogens is 4. The highest BCUT2D eigenvalue weighted by atomic mass is 32.1. The minimum atomic E-state index is -0.554. The van der Waals surface area contributed by atoms with E-state index in [4.69, 9.17) is 0 Å². The number of rotatable bonds is 7. The first kappa shape index (κ1) is 20.8. The summed E-state index contributed by atoms with van der Waals surface area (Å²) >= 11 is 1.54. The maximum atomic E-state index is 13.3. The van der Waals surface area contributed by atoms with Gasteiger partial charge in [0.15, 0.2) is 11.2 Å². The van der Waals surface area contributed by atoms with Crippen molar-refractivity contribution in [1.82, 2.24) is 24.0 Å². The molecule has 4 aromatic rings. The van der Waals surface area contributed by atoms with Crippen LogP contribution < -0.4 is 16.6 Å². The zero-order valence-corrected chi connectivity index (χ0v) is 18.1. The van der Waals surface area contributed by atoms with E-state index in [1.54, 1.807) is 10.9 Å². The Hall–Kier alpha value is -3.46. The molecule has 160 valence electrons. The van der Waals surface area contributed by atoms with E-state index in [0.717, 1.165) is 15.0 Å². The molecule has 0 aliphatic carbocycles. The van der Waals surface area contributed by atoms with Crippen LogP contribution in [0.3, 0.4) is 0 Å². The van der Waals surface area contributed by atoms with Gasteiger partial charge < -0.3 is 9.88 Å². The second-order valence-electron chi connectivity index (χ2n) is 7.25. The first-order valence-electron chi connectivity index (χ1n) is 10.0. The molecule has 1 aromatic carbocycles. The molecule has 0 radical (unpaired) electrons. The van der Waals surface area contributed by atoms with E-state index in [-0.39, 0.29) is 19.1 Å². The van der Waals surface area contributed by atoms with Gasteiger partial charge in [-0.2, -0.15) is 0 Å². The van der Waals surface area contributed by atoms with Crippen molar-refractivity contribution in [2.24, 2.45) is 0 Å². The van der Waals surface area contributed by atoms with E-state index < -0.39 is 17.2 Å². The van der Waals surface area contributed by atoms with Crippen LogP contribution in [0.15, 0.2) is 63.8 Å². The van der Waals surface area contributed by atoms with Gasteiger partial charge in [0.25, 0.3) is 5.56 Å². The number of benzene rings is 1. The zero-order valence-electron chi connectivity index (χ0n) is 17.3. The zero-order chi connectivity index (χ0) is 22.0. The Morgan fingerprint density at radius 3 is 2.58 bits per heavy atom. The molecule has 1 amide bonds. The SMILES string of the molecule is CCn1cnc2c1c(=O)n(CC(=O)N[C@@H](C)c1cccs1)c(=O)n2Cc1ccccc1. The van der Waals surface area contributed by atoms with Crippen molar-refractivity contribution in [2.75, 3.05) is 0 Å². The van der Waals surface area contributed by atoms with Crippen LogP contribution >= 0.6 is 11.3 Å². The highest BCUT2D eigenvalue weighted by Gasteiger charge is 2.20. The van der Waals surface area contributed by atoms with Crippen molar-refractivity contribution in [3.05, 3.63) is 85.5 Å². The van der Waals surface area contributed by atoms with Gasteiger partial charge in [0.05, 0.1) is 18.9 Å². The van der Waals surface area contributed by atoms with Gasteiger partial charge in [0.1, 0.15) is 6.54 Å². The standard InChI is InChI=1S/C22H23N5O3S/c1-3-25-14-23-20-19(25)21(29)27(13-18(28)24-15(2)17-10-7-11-31-17)22(30)26(20)12-16-8-5-4-6-9-16/h4-11,14-15H,3,12-13H2,1-2H3,(H,24,28)/t15-/m0/s1. The minimum absolute atomic E-state index is 0.209. The quantitative estimate of drug-likeness (QED) is 0.481. The summed E-state index contributed by atoms with van der Waals surface area (Å²) < 4.78 is 4.14. The second kappa shape index (κ2) is 8.73. The number of aryl methyl sites for hydroxylation is 1. The Kier molecular flexibility index (Phi) is 5.85. The molecule has 0 unspecified atom stereocenters. The van der Waals surface area contributed by atoms with Gasteiger partial charge in [-0.15, -0.1) is 11.3 Å². The van der Waals surface area contributed by atoms with E-state index in [9.17, 15) is 14.4 Å². The monoisotopic (exact) mass is 437 g/mol. The molecule has 3 heterocycles. The number of fused-ring (bicyclic) bond motifs is 1. The number of nitrogens with one attached hydrogen (secondary N) is 1. The summed E-state index contributed by atoms with van der Waals surface area (Å²) in [5, 5.41) is 4.80. The lowest BCUT2D eigenvalue weighted by Crippen LogP contribution is -2.44. The Balaban J connectivity index is 1.75. The fraction of sp³-hybridized carbons (Fsp3) is 0.273. The Morgan fingerprint density at radius 1 is 1.13 bits per heavy atom. The Bertz CT molecular complexity index is 1320. The summed E-state index contributed by atoms with van der Waals surface area (Å²) in [6.45, 7) is 4.19. The van der Waals surface area contributed by atoms with Crippen molar-refractivity contribution < 1.29 is 4.79 Å². The summed E-state index contributed by atoms with van der Waals surface area (Å²) in [6.07, 6.45) is 1.55.